The fourth-order valence-corrected chi connectivity index (χ4v) is 6.71. The predicted octanol–water partition coefficient (Wildman–Crippen LogP) is 1.16. The number of benzene rings is 6. The molecular formula is C34H24Li2N4O10S2. The summed E-state index contributed by atoms with van der Waals surface area (Å²) in [5.41, 5.74) is 1.09. The van der Waals surface area contributed by atoms with Gasteiger partial charge in [-0.3, -0.25) is 9.11 Å². The Hall–Kier alpha value is -4.75. The summed E-state index contributed by atoms with van der Waals surface area (Å²) < 4.78 is 78.6. The van der Waals surface area contributed by atoms with E-state index in [-0.39, 0.29) is 93.5 Å². The summed E-state index contributed by atoms with van der Waals surface area (Å²) in [6.07, 6.45) is 0. The third-order valence-corrected chi connectivity index (χ3v) is 9.44. The number of fused-ring (bicyclic) bond motifs is 2. The van der Waals surface area contributed by atoms with Crippen LogP contribution in [0.25, 0.3) is 32.7 Å². The Kier molecular flexibility index (Phi) is 12.2. The molecule has 0 aromatic heterocycles. The van der Waals surface area contributed by atoms with Crippen LogP contribution in [-0.4, -0.2) is 40.2 Å². The molecule has 0 fully saturated rings. The predicted molar refractivity (Wildman–Crippen MR) is 180 cm³/mol. The summed E-state index contributed by atoms with van der Waals surface area (Å²) in [4.78, 5) is -0.955. The van der Waals surface area contributed by atoms with E-state index in [1.165, 1.54) is 50.6 Å². The molecule has 52 heavy (non-hydrogen) atoms. The van der Waals surface area contributed by atoms with Crippen molar-refractivity contribution in [2.24, 2.45) is 20.5 Å². The molecule has 2 N–H and O–H groups in total. The second-order valence-electron chi connectivity index (χ2n) is 10.7. The molecule has 254 valence electrons. The van der Waals surface area contributed by atoms with Crippen molar-refractivity contribution in [2.45, 2.75) is 9.79 Å². The first kappa shape index (κ1) is 40.0. The number of hydrogen-bond donors (Lipinski definition) is 2. The van der Waals surface area contributed by atoms with E-state index in [9.17, 15) is 36.2 Å². The summed E-state index contributed by atoms with van der Waals surface area (Å²) in [6.45, 7) is 0. The molecule has 18 heteroatoms. The third-order valence-electron chi connectivity index (χ3n) is 7.65. The van der Waals surface area contributed by atoms with E-state index in [1.807, 2.05) is 0 Å². The first-order valence-electron chi connectivity index (χ1n) is 14.4. The topological polar surface area (TPSA) is 223 Å². The Bertz CT molecular complexity index is 2440. The quantitative estimate of drug-likeness (QED) is 0.123. The van der Waals surface area contributed by atoms with Gasteiger partial charge in [-0.2, -0.15) is 27.1 Å². The van der Waals surface area contributed by atoms with Crippen LogP contribution in [0.15, 0.2) is 127 Å². The number of nitrogens with zero attached hydrogens (tertiary/aromatic N) is 4. The normalized spacial score (nSPS) is 11.8. The van der Waals surface area contributed by atoms with Crippen LogP contribution in [0.5, 0.6) is 23.0 Å². The van der Waals surface area contributed by atoms with Gasteiger partial charge in [0.1, 0.15) is 32.7 Å². The van der Waals surface area contributed by atoms with Gasteiger partial charge in [0.25, 0.3) is 20.2 Å². The first-order valence-corrected chi connectivity index (χ1v) is 17.3. The Morgan fingerprint density at radius 1 is 0.500 bits per heavy atom. The van der Waals surface area contributed by atoms with E-state index >= 15 is 0 Å². The van der Waals surface area contributed by atoms with Crippen LogP contribution in [0.1, 0.15) is 0 Å². The second-order valence-corrected chi connectivity index (χ2v) is 13.4. The van der Waals surface area contributed by atoms with Crippen molar-refractivity contribution in [3.8, 4) is 34.1 Å². The summed E-state index contributed by atoms with van der Waals surface area (Å²) >= 11 is 0. The van der Waals surface area contributed by atoms with Gasteiger partial charge in [0.15, 0.2) is 0 Å². The van der Waals surface area contributed by atoms with Gasteiger partial charge in [-0.15, -0.1) is 10.2 Å². The Balaban J connectivity index is 0.00000302. The molecular weight excluding hydrogens is 702 g/mol. The SMILES string of the molecule is COc1cc(-c2ccc(N=Nc3cc(S(=O)(=O)O)c4ccccc4c3[O-])c(OC)c2)ccc1N=Nc1cc(S(=O)(=O)O)c2ccccc2c1[O-].[Li+].[Li+]. The van der Waals surface area contributed by atoms with Crippen molar-refractivity contribution in [1.29, 1.82) is 0 Å². The molecule has 0 aliphatic carbocycles. The standard InChI is InChI=1S/C34H26N4O10S2.2Li/c1-47-29-15-19(11-13-25(29)35-37-27-17-31(49(41,42)43)21-7-3-5-9-23(21)33(27)39)20-12-14-26(30(16-20)48-2)36-38-28-18-32(50(44,45)46)22-8-4-6-10-24(22)34(28)40;;/h3-18,39-40H,1-2H3,(H,41,42,43)(H,44,45,46);;/q;2*+1/p-2. The average molecular weight is 727 g/mol. The number of hydrogen-bond acceptors (Lipinski definition) is 12. The average Bonchev–Trinajstić information content (AvgIpc) is 3.10. The molecule has 0 atom stereocenters. The molecule has 6 rings (SSSR count). The smallest absolute Gasteiger partial charge is 0.871 e. The number of ether oxygens (including phenoxy) is 2. The molecule has 0 radical (unpaired) electrons. The van der Waals surface area contributed by atoms with E-state index in [0.29, 0.717) is 11.1 Å². The molecule has 0 bridgehead atoms. The van der Waals surface area contributed by atoms with E-state index in [4.69, 9.17) is 9.47 Å². The second kappa shape index (κ2) is 15.9. The molecule has 0 amide bonds. The van der Waals surface area contributed by atoms with Gasteiger partial charge in [0, 0.05) is 10.8 Å². The van der Waals surface area contributed by atoms with Crippen LogP contribution in [0, 0.1) is 0 Å². The minimum Gasteiger partial charge on any atom is -0.871 e. The van der Waals surface area contributed by atoms with E-state index in [1.54, 1.807) is 48.5 Å². The summed E-state index contributed by atoms with van der Waals surface area (Å²) in [5, 5.41) is 42.4. The number of azo groups is 2. The summed E-state index contributed by atoms with van der Waals surface area (Å²) in [7, 11) is -6.55. The summed E-state index contributed by atoms with van der Waals surface area (Å²) in [5.74, 6) is -0.650. The van der Waals surface area contributed by atoms with Crippen molar-refractivity contribution in [3.63, 3.8) is 0 Å². The van der Waals surface area contributed by atoms with Crippen LogP contribution in [0.2, 0.25) is 0 Å². The molecule has 0 saturated heterocycles. The minimum absolute atomic E-state index is 0. The van der Waals surface area contributed by atoms with Gasteiger partial charge in [-0.25, -0.2) is 0 Å². The monoisotopic (exact) mass is 726 g/mol. The molecule has 0 saturated carbocycles. The Morgan fingerprint density at radius 2 is 0.827 bits per heavy atom. The molecule has 0 aliphatic heterocycles. The number of methoxy groups -OCH3 is 2. The zero-order valence-corrected chi connectivity index (χ0v) is 29.6. The van der Waals surface area contributed by atoms with Gasteiger partial charge in [-0.1, -0.05) is 72.2 Å². The molecule has 0 heterocycles. The maximum absolute atomic E-state index is 13.0. The van der Waals surface area contributed by atoms with E-state index in [0.717, 1.165) is 12.1 Å². The summed E-state index contributed by atoms with van der Waals surface area (Å²) in [6, 6.07) is 23.5. The molecule has 6 aromatic rings. The largest absolute Gasteiger partial charge is 1.00 e. The van der Waals surface area contributed by atoms with Crippen molar-refractivity contribution in [2.75, 3.05) is 14.2 Å². The van der Waals surface area contributed by atoms with Gasteiger partial charge < -0.3 is 19.7 Å². The first-order chi connectivity index (χ1) is 23.8. The van der Waals surface area contributed by atoms with Gasteiger partial charge in [-0.05, 0) is 58.3 Å². The van der Waals surface area contributed by atoms with Crippen LogP contribution in [0.3, 0.4) is 0 Å². The molecule has 14 nitrogen and oxygen atoms in total. The third kappa shape index (κ3) is 8.00. The maximum atomic E-state index is 13.0. The minimum atomic E-state index is -4.68. The molecule has 0 unspecified atom stereocenters. The Labute approximate surface area is 321 Å². The van der Waals surface area contributed by atoms with Gasteiger partial charge >= 0.3 is 37.7 Å². The zero-order valence-electron chi connectivity index (χ0n) is 28.0. The maximum Gasteiger partial charge on any atom is 1.00 e. The zero-order chi connectivity index (χ0) is 35.8. The Morgan fingerprint density at radius 3 is 1.15 bits per heavy atom. The van der Waals surface area contributed by atoms with Crippen LogP contribution >= 0.6 is 0 Å². The van der Waals surface area contributed by atoms with Crippen molar-refractivity contribution >= 4 is 64.5 Å². The molecule has 6 aromatic carbocycles. The van der Waals surface area contributed by atoms with Crippen molar-refractivity contribution in [3.05, 3.63) is 97.1 Å². The van der Waals surface area contributed by atoms with Crippen LogP contribution in [0.4, 0.5) is 22.7 Å². The van der Waals surface area contributed by atoms with E-state index in [2.05, 4.69) is 20.5 Å². The molecule has 0 aliphatic rings. The van der Waals surface area contributed by atoms with Crippen LogP contribution < -0.4 is 57.4 Å². The van der Waals surface area contributed by atoms with E-state index < -0.39 is 41.5 Å². The fourth-order valence-electron chi connectivity index (χ4n) is 5.27. The van der Waals surface area contributed by atoms with Crippen molar-refractivity contribution in [1.82, 2.24) is 0 Å². The number of rotatable bonds is 9. The molecule has 0 spiro atoms. The van der Waals surface area contributed by atoms with Crippen molar-refractivity contribution < 1.29 is 83.3 Å². The fraction of sp³-hybridized carbons (Fsp3) is 0.0588. The van der Waals surface area contributed by atoms with Gasteiger partial charge in [0.2, 0.25) is 0 Å². The van der Waals surface area contributed by atoms with Crippen LogP contribution in [-0.2, 0) is 20.2 Å². The van der Waals surface area contributed by atoms with Gasteiger partial charge in [0.05, 0.1) is 25.6 Å².